The Hall–Kier alpha value is -1.90. The van der Waals surface area contributed by atoms with Crippen molar-refractivity contribution in [2.45, 2.75) is 19.4 Å². The highest BCUT2D eigenvalue weighted by Crippen LogP contribution is 2.23. The number of carbonyl (C=O) groups is 1. The predicted octanol–water partition coefficient (Wildman–Crippen LogP) is 1.76. The summed E-state index contributed by atoms with van der Waals surface area (Å²) in [5.74, 6) is -3.45. The minimum atomic E-state index is -1.51. The fourth-order valence-electron chi connectivity index (χ4n) is 1.60. The number of nitro groups is 1. The van der Waals surface area contributed by atoms with Crippen molar-refractivity contribution in [3.05, 3.63) is 39.4 Å². The highest BCUT2D eigenvalue weighted by Gasteiger charge is 2.26. The normalized spacial score (nSPS) is 13.5. The van der Waals surface area contributed by atoms with Crippen molar-refractivity contribution in [1.29, 1.82) is 0 Å². The molecular weight excluding hydrogens is 306 g/mol. The molecule has 0 fully saturated rings. The molecule has 21 heavy (non-hydrogen) atoms. The Balaban J connectivity index is 2.94. The van der Waals surface area contributed by atoms with Gasteiger partial charge < -0.3 is 5.32 Å². The third-order valence-corrected chi connectivity index (χ3v) is 3.52. The Bertz CT molecular complexity index is 595. The highest BCUT2D eigenvalue weighted by molar-refractivity contribution is 7.84. The second kappa shape index (κ2) is 7.21. The summed E-state index contributed by atoms with van der Waals surface area (Å²) in [5, 5.41) is 12.9. The van der Waals surface area contributed by atoms with E-state index in [2.05, 4.69) is 5.32 Å². The molecule has 0 saturated carbocycles. The average Bonchev–Trinajstić information content (AvgIpc) is 2.35. The number of nitro benzene ring substituents is 1. The summed E-state index contributed by atoms with van der Waals surface area (Å²) in [5.41, 5.74) is -1.96. The van der Waals surface area contributed by atoms with Crippen LogP contribution in [0.2, 0.25) is 0 Å². The van der Waals surface area contributed by atoms with Crippen molar-refractivity contribution in [3.8, 4) is 0 Å². The molecule has 0 aromatic heterocycles. The second-order valence-electron chi connectivity index (χ2n) is 4.45. The summed E-state index contributed by atoms with van der Waals surface area (Å²) in [6, 6.07) is 0.854. The molecule has 0 aliphatic rings. The summed E-state index contributed by atoms with van der Waals surface area (Å²) >= 11 is 0. The molecule has 0 heterocycles. The van der Waals surface area contributed by atoms with E-state index < -0.39 is 50.6 Å². The molecule has 1 amide bonds. The number of nitrogens with one attached hydrogen (secondary N) is 1. The van der Waals surface area contributed by atoms with Crippen LogP contribution in [0, 0.1) is 21.7 Å². The third-order valence-electron chi connectivity index (χ3n) is 2.71. The number of hydrogen-bond acceptors (Lipinski definition) is 4. The monoisotopic (exact) mass is 320 g/mol. The quantitative estimate of drug-likeness (QED) is 0.639. The van der Waals surface area contributed by atoms with Crippen LogP contribution in [0.15, 0.2) is 12.1 Å². The molecule has 0 saturated heterocycles. The largest absolute Gasteiger partial charge is 0.349 e. The van der Waals surface area contributed by atoms with Crippen molar-refractivity contribution in [2.75, 3.05) is 12.0 Å². The molecule has 0 bridgehead atoms. The van der Waals surface area contributed by atoms with E-state index >= 15 is 0 Å². The minimum absolute atomic E-state index is 0.321. The van der Waals surface area contributed by atoms with Gasteiger partial charge in [-0.1, -0.05) is 0 Å². The van der Waals surface area contributed by atoms with Crippen LogP contribution < -0.4 is 5.32 Å². The Kier molecular flexibility index (Phi) is 5.89. The lowest BCUT2D eigenvalue weighted by molar-refractivity contribution is -0.387. The van der Waals surface area contributed by atoms with E-state index in [9.17, 15) is 27.9 Å². The first kappa shape index (κ1) is 17.2. The molecule has 0 aliphatic carbocycles. The number of nitrogens with zero attached hydrogens (tertiary/aromatic N) is 1. The lowest BCUT2D eigenvalue weighted by Gasteiger charge is -2.13. The lowest BCUT2D eigenvalue weighted by Crippen LogP contribution is -2.34. The van der Waals surface area contributed by atoms with Gasteiger partial charge >= 0.3 is 5.69 Å². The van der Waals surface area contributed by atoms with Crippen LogP contribution in [0.3, 0.4) is 0 Å². The number of rotatable bonds is 6. The molecular formula is C12H14F2N2O4S. The molecule has 9 heteroatoms. The Labute approximate surface area is 122 Å². The minimum Gasteiger partial charge on any atom is -0.349 e. The topological polar surface area (TPSA) is 89.3 Å². The molecule has 2 atom stereocenters. The molecule has 1 rings (SSSR count). The average molecular weight is 320 g/mol. The van der Waals surface area contributed by atoms with Crippen molar-refractivity contribution in [3.63, 3.8) is 0 Å². The van der Waals surface area contributed by atoms with E-state index in [1.807, 2.05) is 0 Å². The van der Waals surface area contributed by atoms with Gasteiger partial charge in [0.05, 0.1) is 4.92 Å². The van der Waals surface area contributed by atoms with Crippen molar-refractivity contribution >= 4 is 22.4 Å². The fourth-order valence-corrected chi connectivity index (χ4v) is 2.29. The Morgan fingerprint density at radius 1 is 1.48 bits per heavy atom. The molecule has 6 nitrogen and oxygen atoms in total. The Morgan fingerprint density at radius 2 is 2.10 bits per heavy atom. The highest BCUT2D eigenvalue weighted by atomic mass is 32.2. The van der Waals surface area contributed by atoms with Crippen LogP contribution in [-0.4, -0.2) is 33.1 Å². The van der Waals surface area contributed by atoms with Gasteiger partial charge in [0.2, 0.25) is 5.82 Å². The molecule has 2 unspecified atom stereocenters. The second-order valence-corrected chi connectivity index (χ2v) is 6.01. The number of halogens is 2. The zero-order valence-electron chi connectivity index (χ0n) is 11.4. The summed E-state index contributed by atoms with van der Waals surface area (Å²) in [4.78, 5) is 21.4. The van der Waals surface area contributed by atoms with Gasteiger partial charge in [0.15, 0.2) is 0 Å². The van der Waals surface area contributed by atoms with E-state index in [1.165, 1.54) is 6.26 Å². The molecule has 0 spiro atoms. The van der Waals surface area contributed by atoms with Gasteiger partial charge in [-0.05, 0) is 19.4 Å². The predicted molar refractivity (Wildman–Crippen MR) is 73.5 cm³/mol. The molecule has 0 aliphatic heterocycles. The van der Waals surface area contributed by atoms with Crippen LogP contribution >= 0.6 is 0 Å². The molecule has 1 aromatic carbocycles. The first-order valence-electron chi connectivity index (χ1n) is 5.97. The van der Waals surface area contributed by atoms with Crippen molar-refractivity contribution < 1.29 is 22.7 Å². The van der Waals surface area contributed by atoms with Crippen LogP contribution in [-0.2, 0) is 10.8 Å². The van der Waals surface area contributed by atoms with E-state index in [0.717, 1.165) is 0 Å². The zero-order chi connectivity index (χ0) is 16.2. The van der Waals surface area contributed by atoms with Gasteiger partial charge in [0, 0.05) is 34.9 Å². The third kappa shape index (κ3) is 4.55. The number of hydrogen-bond donors (Lipinski definition) is 1. The number of carbonyl (C=O) groups excluding carboxylic acids is 1. The molecule has 1 N–H and O–H groups in total. The number of amides is 1. The summed E-state index contributed by atoms with van der Waals surface area (Å²) in [6.07, 6.45) is 1.85. The Morgan fingerprint density at radius 3 is 2.62 bits per heavy atom. The lowest BCUT2D eigenvalue weighted by atomic mass is 10.1. The van der Waals surface area contributed by atoms with Gasteiger partial charge in [-0.25, -0.2) is 4.39 Å². The van der Waals surface area contributed by atoms with Gasteiger partial charge in [0.25, 0.3) is 5.91 Å². The zero-order valence-corrected chi connectivity index (χ0v) is 12.2. The standard InChI is InChI=1S/C12H14F2N2O4S/c1-7(5-6-21(2)20)15-12(17)10-8(13)3-4-9(11(10)14)16(18)19/h3-4,7H,5-6H2,1-2H3,(H,15,17). The summed E-state index contributed by atoms with van der Waals surface area (Å²) in [7, 11) is -1.05. The first-order valence-corrected chi connectivity index (χ1v) is 7.70. The molecule has 0 radical (unpaired) electrons. The number of benzene rings is 1. The van der Waals surface area contributed by atoms with E-state index in [-0.39, 0.29) is 0 Å². The maximum absolute atomic E-state index is 13.8. The van der Waals surface area contributed by atoms with Crippen LogP contribution in [0.4, 0.5) is 14.5 Å². The van der Waals surface area contributed by atoms with Crippen molar-refractivity contribution in [2.24, 2.45) is 0 Å². The van der Waals surface area contributed by atoms with Crippen LogP contribution in [0.25, 0.3) is 0 Å². The smallest absolute Gasteiger partial charge is 0.305 e. The van der Waals surface area contributed by atoms with Gasteiger partial charge in [-0.15, -0.1) is 0 Å². The van der Waals surface area contributed by atoms with E-state index in [1.54, 1.807) is 6.92 Å². The maximum atomic E-state index is 13.8. The van der Waals surface area contributed by atoms with Gasteiger partial charge in [0.1, 0.15) is 11.4 Å². The summed E-state index contributed by atoms with van der Waals surface area (Å²) in [6.45, 7) is 1.58. The fraction of sp³-hybridized carbons (Fsp3) is 0.417. The van der Waals surface area contributed by atoms with Crippen LogP contribution in [0.1, 0.15) is 23.7 Å². The van der Waals surface area contributed by atoms with Crippen LogP contribution in [0.5, 0.6) is 0 Å². The SMILES string of the molecule is CC(CCS(C)=O)NC(=O)c1c(F)ccc([N+](=O)[O-])c1F. The van der Waals surface area contributed by atoms with E-state index in [0.29, 0.717) is 24.3 Å². The van der Waals surface area contributed by atoms with Gasteiger partial charge in [-0.2, -0.15) is 4.39 Å². The van der Waals surface area contributed by atoms with Crippen molar-refractivity contribution in [1.82, 2.24) is 5.32 Å². The van der Waals surface area contributed by atoms with E-state index in [4.69, 9.17) is 0 Å². The van der Waals surface area contributed by atoms with Gasteiger partial charge in [-0.3, -0.25) is 19.1 Å². The molecule has 116 valence electrons. The summed E-state index contributed by atoms with van der Waals surface area (Å²) < 4.78 is 38.3. The first-order chi connectivity index (χ1) is 9.73. The maximum Gasteiger partial charge on any atom is 0.305 e. The molecule has 1 aromatic rings.